The lowest BCUT2D eigenvalue weighted by Gasteiger charge is -2.32. The number of nitrogens with two attached hydrogens (primary N) is 1. The van der Waals surface area contributed by atoms with Crippen molar-refractivity contribution in [1.82, 2.24) is 5.32 Å². The van der Waals surface area contributed by atoms with Crippen molar-refractivity contribution in [1.29, 1.82) is 0 Å². The maximum Gasteiger partial charge on any atom is 0.329 e. The van der Waals surface area contributed by atoms with E-state index in [0.29, 0.717) is 11.1 Å². The van der Waals surface area contributed by atoms with Gasteiger partial charge >= 0.3 is 5.97 Å². The summed E-state index contributed by atoms with van der Waals surface area (Å²) in [5.41, 5.74) is 6.83. The van der Waals surface area contributed by atoms with Crippen LogP contribution in [0, 0.1) is 17.6 Å². The summed E-state index contributed by atoms with van der Waals surface area (Å²) in [6, 6.07) is 7.46. The number of hydrogen-bond donors (Lipinski definition) is 2. The number of anilines is 1. The van der Waals surface area contributed by atoms with E-state index in [1.54, 1.807) is 26.8 Å². The first-order valence-electron chi connectivity index (χ1n) is 10.9. The fraction of sp³-hybridized carbons (Fsp3) is 0.440. The molecule has 2 aromatic carbocycles. The molecule has 5 nitrogen and oxygen atoms in total. The largest absolute Gasteiger partial charge is 0.458 e. The Kier molecular flexibility index (Phi) is 7.16. The average molecular weight is 445 g/mol. The number of esters is 1. The van der Waals surface area contributed by atoms with Gasteiger partial charge in [0.25, 0.3) is 5.91 Å². The summed E-state index contributed by atoms with van der Waals surface area (Å²) in [5, 5.41) is 2.84. The van der Waals surface area contributed by atoms with Gasteiger partial charge in [-0.3, -0.25) is 4.79 Å². The molecular formula is C25H30F2N2O3. The third-order valence-corrected chi connectivity index (χ3v) is 5.62. The van der Waals surface area contributed by atoms with Gasteiger partial charge in [0.05, 0.1) is 5.56 Å². The summed E-state index contributed by atoms with van der Waals surface area (Å²) >= 11 is 0. The Morgan fingerprint density at radius 2 is 1.62 bits per heavy atom. The topological polar surface area (TPSA) is 81.4 Å². The lowest BCUT2D eigenvalue weighted by atomic mass is 9.83. The number of nitrogens with one attached hydrogen (secondary N) is 1. The van der Waals surface area contributed by atoms with E-state index in [1.807, 2.05) is 0 Å². The van der Waals surface area contributed by atoms with E-state index in [2.05, 4.69) is 5.32 Å². The van der Waals surface area contributed by atoms with Crippen LogP contribution < -0.4 is 11.1 Å². The van der Waals surface area contributed by atoms with Crippen molar-refractivity contribution in [2.75, 3.05) is 5.73 Å². The molecule has 1 aliphatic rings. The van der Waals surface area contributed by atoms with E-state index in [9.17, 15) is 18.4 Å². The van der Waals surface area contributed by atoms with E-state index in [4.69, 9.17) is 10.5 Å². The number of halogens is 2. The molecule has 0 unspecified atom stereocenters. The van der Waals surface area contributed by atoms with Crippen LogP contribution in [0.4, 0.5) is 14.5 Å². The predicted octanol–water partition coefficient (Wildman–Crippen LogP) is 5.23. The highest BCUT2D eigenvalue weighted by Crippen LogP contribution is 2.29. The molecule has 0 aliphatic heterocycles. The highest BCUT2D eigenvalue weighted by atomic mass is 19.2. The summed E-state index contributed by atoms with van der Waals surface area (Å²) in [5.74, 6) is -2.81. The van der Waals surface area contributed by atoms with Crippen LogP contribution in [0.25, 0.3) is 11.1 Å². The molecular weight excluding hydrogens is 414 g/mol. The molecule has 172 valence electrons. The molecule has 0 saturated heterocycles. The van der Waals surface area contributed by atoms with Gasteiger partial charge in [-0.1, -0.05) is 31.4 Å². The molecule has 0 radical (unpaired) electrons. The lowest BCUT2D eigenvalue weighted by Crippen LogP contribution is -2.49. The monoisotopic (exact) mass is 444 g/mol. The Morgan fingerprint density at radius 3 is 2.22 bits per heavy atom. The molecule has 7 heteroatoms. The van der Waals surface area contributed by atoms with Crippen LogP contribution in [0.5, 0.6) is 0 Å². The van der Waals surface area contributed by atoms with Gasteiger partial charge < -0.3 is 15.8 Å². The molecule has 1 aliphatic carbocycles. The molecule has 1 amide bonds. The van der Waals surface area contributed by atoms with E-state index in [1.165, 1.54) is 18.2 Å². The van der Waals surface area contributed by atoms with Gasteiger partial charge in [0, 0.05) is 5.69 Å². The molecule has 3 N–H and O–H groups in total. The number of nitrogen functional groups attached to an aromatic ring is 1. The third kappa shape index (κ3) is 5.84. The van der Waals surface area contributed by atoms with Crippen LogP contribution in [-0.2, 0) is 9.53 Å². The molecule has 2 aromatic rings. The summed E-state index contributed by atoms with van der Waals surface area (Å²) in [7, 11) is 0. The van der Waals surface area contributed by atoms with Crippen molar-refractivity contribution in [3.05, 3.63) is 53.6 Å². The number of amides is 1. The number of ether oxygens (including phenoxy) is 1. The fourth-order valence-corrected chi connectivity index (χ4v) is 4.05. The second kappa shape index (κ2) is 9.67. The van der Waals surface area contributed by atoms with Crippen molar-refractivity contribution in [3.8, 4) is 11.1 Å². The quantitative estimate of drug-likeness (QED) is 0.488. The van der Waals surface area contributed by atoms with E-state index in [0.717, 1.165) is 44.2 Å². The minimum Gasteiger partial charge on any atom is -0.458 e. The number of hydrogen-bond acceptors (Lipinski definition) is 4. The average Bonchev–Trinajstić information content (AvgIpc) is 2.73. The minimum absolute atomic E-state index is 0.00485. The predicted molar refractivity (Wildman–Crippen MR) is 120 cm³/mol. The fourth-order valence-electron chi connectivity index (χ4n) is 4.05. The second-order valence-corrected chi connectivity index (χ2v) is 9.31. The van der Waals surface area contributed by atoms with Gasteiger partial charge in [-0.05, 0) is 74.9 Å². The molecule has 0 heterocycles. The van der Waals surface area contributed by atoms with Crippen molar-refractivity contribution >= 4 is 17.6 Å². The van der Waals surface area contributed by atoms with Gasteiger partial charge in [-0.25, -0.2) is 13.6 Å². The Morgan fingerprint density at radius 1 is 1.00 bits per heavy atom. The number of carbonyl (C=O) groups excluding carboxylic acids is 2. The van der Waals surface area contributed by atoms with E-state index in [-0.39, 0.29) is 17.2 Å². The SMILES string of the molecule is CC(C)(C)OC(=O)[C@@H](NC(=O)c1ccc(-c2ccc(F)c(F)c2)cc1N)C1CCCCC1. The lowest BCUT2D eigenvalue weighted by molar-refractivity contribution is -0.159. The van der Waals surface area contributed by atoms with Crippen LogP contribution in [0.2, 0.25) is 0 Å². The summed E-state index contributed by atoms with van der Waals surface area (Å²) in [6.07, 6.45) is 4.81. The Labute approximate surface area is 187 Å². The van der Waals surface area contributed by atoms with E-state index < -0.39 is 35.2 Å². The molecule has 0 aromatic heterocycles. The number of benzene rings is 2. The normalized spacial score (nSPS) is 15.8. The molecule has 1 saturated carbocycles. The van der Waals surface area contributed by atoms with Gasteiger partial charge in [0.15, 0.2) is 11.6 Å². The number of rotatable bonds is 5. The maximum absolute atomic E-state index is 13.6. The van der Waals surface area contributed by atoms with E-state index >= 15 is 0 Å². The first-order chi connectivity index (χ1) is 15.0. The van der Waals surface area contributed by atoms with Gasteiger partial charge in [0.1, 0.15) is 11.6 Å². The Hall–Kier alpha value is -2.96. The molecule has 0 bridgehead atoms. The number of carbonyl (C=O) groups is 2. The standard InChI is InChI=1S/C25H30F2N2O3/c1-25(2,3)32-24(31)22(15-7-5-4-6-8-15)29-23(30)18-11-9-17(14-21(18)28)16-10-12-19(26)20(27)13-16/h9-15,22H,4-8,28H2,1-3H3,(H,29,30)/t22-/m0/s1. The van der Waals surface area contributed by atoms with Crippen LogP contribution >= 0.6 is 0 Å². The first kappa shape index (κ1) is 23.7. The van der Waals surface area contributed by atoms with Crippen molar-refractivity contribution in [3.63, 3.8) is 0 Å². The summed E-state index contributed by atoms with van der Waals surface area (Å²) in [6.45, 7) is 5.37. The maximum atomic E-state index is 13.6. The van der Waals surface area contributed by atoms with Crippen molar-refractivity contribution < 1.29 is 23.1 Å². The van der Waals surface area contributed by atoms with Gasteiger partial charge in [-0.15, -0.1) is 0 Å². The Balaban J connectivity index is 1.82. The molecule has 32 heavy (non-hydrogen) atoms. The van der Waals surface area contributed by atoms with Crippen LogP contribution in [0.3, 0.4) is 0 Å². The molecule has 0 spiro atoms. The zero-order valence-corrected chi connectivity index (χ0v) is 18.7. The molecule has 1 fully saturated rings. The third-order valence-electron chi connectivity index (χ3n) is 5.62. The van der Waals surface area contributed by atoms with Crippen LogP contribution in [0.1, 0.15) is 63.2 Å². The highest BCUT2D eigenvalue weighted by molar-refractivity contribution is 6.01. The minimum atomic E-state index is -0.962. The smallest absolute Gasteiger partial charge is 0.329 e. The van der Waals surface area contributed by atoms with Gasteiger partial charge in [-0.2, -0.15) is 0 Å². The highest BCUT2D eigenvalue weighted by Gasteiger charge is 2.34. The van der Waals surface area contributed by atoms with Crippen molar-refractivity contribution in [2.45, 2.75) is 64.5 Å². The summed E-state index contributed by atoms with van der Waals surface area (Å²) < 4.78 is 32.4. The second-order valence-electron chi connectivity index (χ2n) is 9.31. The zero-order chi connectivity index (χ0) is 23.5. The van der Waals surface area contributed by atoms with Crippen LogP contribution in [0.15, 0.2) is 36.4 Å². The van der Waals surface area contributed by atoms with Gasteiger partial charge in [0.2, 0.25) is 0 Å². The first-order valence-corrected chi connectivity index (χ1v) is 10.9. The zero-order valence-electron chi connectivity index (χ0n) is 18.7. The van der Waals surface area contributed by atoms with Crippen molar-refractivity contribution in [2.24, 2.45) is 5.92 Å². The molecule has 1 atom stereocenters. The summed E-state index contributed by atoms with van der Waals surface area (Å²) in [4.78, 5) is 25.9. The Bertz CT molecular complexity index is 995. The molecule has 3 rings (SSSR count). The van der Waals surface area contributed by atoms with Crippen LogP contribution in [-0.4, -0.2) is 23.5 Å².